The molecule has 0 aliphatic carbocycles. The molecule has 0 spiro atoms. The summed E-state index contributed by atoms with van der Waals surface area (Å²) in [7, 11) is 1.73. The summed E-state index contributed by atoms with van der Waals surface area (Å²) in [6, 6.07) is 3.77. The Balaban J connectivity index is 1.95. The van der Waals surface area contributed by atoms with Crippen molar-refractivity contribution in [2.75, 3.05) is 0 Å². The van der Waals surface area contributed by atoms with Crippen molar-refractivity contribution in [3.8, 4) is 11.4 Å². The third-order valence-electron chi connectivity index (χ3n) is 3.56. The fraction of sp³-hybridized carbons (Fsp3) is 0.143. The normalized spacial score (nSPS) is 11.5. The van der Waals surface area contributed by atoms with Crippen LogP contribution in [0.2, 0.25) is 0 Å². The van der Waals surface area contributed by atoms with E-state index in [-0.39, 0.29) is 5.69 Å². The number of H-pyrrole nitrogens is 2. The molecule has 0 saturated heterocycles. The molecule has 0 aliphatic heterocycles. The molecule has 0 atom stereocenters. The highest BCUT2D eigenvalue weighted by Gasteiger charge is 2.10. The van der Waals surface area contributed by atoms with Crippen molar-refractivity contribution in [1.29, 1.82) is 0 Å². The second-order valence-electron chi connectivity index (χ2n) is 4.98. The Hall–Kier alpha value is -2.96. The molecule has 0 unspecified atom stereocenters. The fourth-order valence-corrected chi connectivity index (χ4v) is 2.38. The summed E-state index contributed by atoms with van der Waals surface area (Å²) in [5.41, 5.74) is 3.96. The highest BCUT2D eigenvalue weighted by molar-refractivity contribution is 5.92. The molecule has 0 saturated carbocycles. The van der Waals surface area contributed by atoms with E-state index in [1.807, 2.05) is 19.1 Å². The Morgan fingerprint density at radius 1 is 1.10 bits per heavy atom. The zero-order chi connectivity index (χ0) is 14.6. The largest absolute Gasteiger partial charge is 0.338 e. The molecular weight excluding hydrogens is 268 g/mol. The van der Waals surface area contributed by atoms with Crippen molar-refractivity contribution < 1.29 is 0 Å². The van der Waals surface area contributed by atoms with Crippen molar-refractivity contribution >= 4 is 22.1 Å². The molecule has 0 amide bonds. The third kappa shape index (κ3) is 1.74. The number of imidazole rings is 2. The van der Waals surface area contributed by atoms with Gasteiger partial charge in [0.25, 0.3) is 0 Å². The Morgan fingerprint density at radius 3 is 2.62 bits per heavy atom. The summed E-state index contributed by atoms with van der Waals surface area (Å²) >= 11 is 0. The Morgan fingerprint density at radius 2 is 1.86 bits per heavy atom. The van der Waals surface area contributed by atoms with Crippen molar-refractivity contribution in [2.45, 2.75) is 6.92 Å². The van der Waals surface area contributed by atoms with Crippen LogP contribution in [0.25, 0.3) is 33.5 Å². The van der Waals surface area contributed by atoms with Crippen LogP contribution in [0.4, 0.5) is 0 Å². The second-order valence-corrected chi connectivity index (χ2v) is 4.98. The van der Waals surface area contributed by atoms with Crippen molar-refractivity contribution in [1.82, 2.24) is 29.5 Å². The maximum atomic E-state index is 11.6. The first-order valence-electron chi connectivity index (χ1n) is 6.49. The first-order valence-corrected chi connectivity index (χ1v) is 6.49. The Labute approximate surface area is 118 Å². The lowest BCUT2D eigenvalue weighted by atomic mass is 10.3. The number of hydrogen-bond acceptors (Lipinski definition) is 4. The molecule has 7 heteroatoms. The Bertz CT molecular complexity index is 1020. The zero-order valence-electron chi connectivity index (χ0n) is 11.5. The lowest BCUT2D eigenvalue weighted by Crippen LogP contribution is -2.11. The monoisotopic (exact) mass is 280 g/mol. The van der Waals surface area contributed by atoms with Crippen LogP contribution in [0, 0.1) is 6.92 Å². The van der Waals surface area contributed by atoms with E-state index in [2.05, 4.69) is 24.9 Å². The number of aromatic amines is 2. The molecule has 7 nitrogen and oxygen atoms in total. The van der Waals surface area contributed by atoms with Gasteiger partial charge in [-0.1, -0.05) is 0 Å². The summed E-state index contributed by atoms with van der Waals surface area (Å²) in [5, 5.41) is 0. The molecule has 4 aromatic rings. The molecule has 0 bridgehead atoms. The van der Waals surface area contributed by atoms with Crippen LogP contribution < -0.4 is 5.69 Å². The predicted molar refractivity (Wildman–Crippen MR) is 79.0 cm³/mol. The lowest BCUT2D eigenvalue weighted by molar-refractivity contribution is 0.892. The number of hydrogen-bond donors (Lipinski definition) is 2. The van der Waals surface area contributed by atoms with Crippen LogP contribution in [-0.2, 0) is 7.05 Å². The average Bonchev–Trinajstić information content (AvgIpc) is 2.99. The molecule has 1 aromatic carbocycles. The predicted octanol–water partition coefficient (Wildman–Crippen LogP) is 1.51. The van der Waals surface area contributed by atoms with Crippen LogP contribution in [0.5, 0.6) is 0 Å². The average molecular weight is 280 g/mol. The van der Waals surface area contributed by atoms with Crippen LogP contribution in [0.15, 0.2) is 29.3 Å². The Kier molecular flexibility index (Phi) is 2.26. The van der Waals surface area contributed by atoms with Gasteiger partial charge in [-0.3, -0.25) is 4.57 Å². The van der Waals surface area contributed by atoms with E-state index in [4.69, 9.17) is 0 Å². The maximum absolute atomic E-state index is 11.6. The van der Waals surface area contributed by atoms with Crippen LogP contribution in [0.1, 0.15) is 5.82 Å². The maximum Gasteiger partial charge on any atom is 0.326 e. The van der Waals surface area contributed by atoms with Gasteiger partial charge in [0, 0.05) is 19.4 Å². The molecule has 0 radical (unpaired) electrons. The lowest BCUT2D eigenvalue weighted by Gasteiger charge is -1.94. The number of fused-ring (bicyclic) bond motifs is 2. The number of benzene rings is 1. The summed E-state index contributed by atoms with van der Waals surface area (Å²) < 4.78 is 1.57. The van der Waals surface area contributed by atoms with Crippen molar-refractivity contribution in [3.63, 3.8) is 0 Å². The summed E-state index contributed by atoms with van der Waals surface area (Å²) in [4.78, 5) is 30.6. The molecule has 4 rings (SSSR count). The van der Waals surface area contributed by atoms with E-state index in [9.17, 15) is 4.79 Å². The quantitative estimate of drug-likeness (QED) is 0.552. The van der Waals surface area contributed by atoms with Crippen LogP contribution >= 0.6 is 0 Å². The van der Waals surface area contributed by atoms with Gasteiger partial charge in [-0.05, 0) is 19.1 Å². The van der Waals surface area contributed by atoms with Gasteiger partial charge in [-0.2, -0.15) is 0 Å². The number of aryl methyl sites for hydroxylation is 2. The minimum atomic E-state index is -0.134. The van der Waals surface area contributed by atoms with E-state index >= 15 is 0 Å². The van der Waals surface area contributed by atoms with Crippen LogP contribution in [-0.4, -0.2) is 29.5 Å². The topological polar surface area (TPSA) is 92.3 Å². The second kappa shape index (κ2) is 4.02. The van der Waals surface area contributed by atoms with Gasteiger partial charge < -0.3 is 9.97 Å². The minimum Gasteiger partial charge on any atom is -0.338 e. The van der Waals surface area contributed by atoms with Gasteiger partial charge in [0.15, 0.2) is 0 Å². The smallest absolute Gasteiger partial charge is 0.326 e. The highest BCUT2D eigenvalue weighted by Crippen LogP contribution is 2.22. The third-order valence-corrected chi connectivity index (χ3v) is 3.56. The zero-order valence-corrected chi connectivity index (χ0v) is 11.5. The summed E-state index contributed by atoms with van der Waals surface area (Å²) in [6.45, 7) is 1.84. The van der Waals surface area contributed by atoms with Crippen molar-refractivity contribution in [3.05, 3.63) is 40.8 Å². The van der Waals surface area contributed by atoms with Gasteiger partial charge in [-0.15, -0.1) is 0 Å². The van der Waals surface area contributed by atoms with Crippen molar-refractivity contribution in [2.24, 2.45) is 7.05 Å². The number of nitrogens with zero attached hydrogens (tertiary/aromatic N) is 4. The SMILES string of the molecule is Cc1ncc(-c2nc3cc4c(cc3[nH]2)[nH]c(=O)n4C)cn1. The molecule has 2 N–H and O–H groups in total. The van der Waals surface area contributed by atoms with E-state index in [0.29, 0.717) is 5.82 Å². The minimum absolute atomic E-state index is 0.134. The highest BCUT2D eigenvalue weighted by atomic mass is 16.1. The first-order chi connectivity index (χ1) is 10.1. The van der Waals surface area contributed by atoms with E-state index < -0.39 is 0 Å². The summed E-state index contributed by atoms with van der Waals surface area (Å²) in [6.07, 6.45) is 3.48. The van der Waals surface area contributed by atoms with Gasteiger partial charge in [0.05, 0.1) is 27.6 Å². The van der Waals surface area contributed by atoms with E-state index in [1.54, 1.807) is 24.0 Å². The van der Waals surface area contributed by atoms with Crippen LogP contribution in [0.3, 0.4) is 0 Å². The number of nitrogens with one attached hydrogen (secondary N) is 2. The molecule has 3 heterocycles. The number of aromatic nitrogens is 6. The molecule has 0 fully saturated rings. The fourth-order valence-electron chi connectivity index (χ4n) is 2.38. The van der Waals surface area contributed by atoms with Gasteiger partial charge >= 0.3 is 5.69 Å². The number of rotatable bonds is 1. The van der Waals surface area contributed by atoms with Gasteiger partial charge in [0.2, 0.25) is 0 Å². The molecule has 0 aliphatic rings. The molecular formula is C14H12N6O. The van der Waals surface area contributed by atoms with E-state index in [1.165, 1.54) is 0 Å². The molecule has 3 aromatic heterocycles. The molecule has 104 valence electrons. The first kappa shape index (κ1) is 11.8. The van der Waals surface area contributed by atoms with E-state index in [0.717, 1.165) is 33.5 Å². The summed E-state index contributed by atoms with van der Waals surface area (Å²) in [5.74, 6) is 1.43. The standard InChI is InChI=1S/C14H12N6O/c1-7-15-5-8(6-16-7)13-17-9-3-11-12(4-10(9)18-13)20(2)14(21)19-11/h3-6H,1-2H3,(H,17,18)(H,19,21). The van der Waals surface area contributed by atoms with Gasteiger partial charge in [0.1, 0.15) is 11.6 Å². The van der Waals surface area contributed by atoms with Gasteiger partial charge in [-0.25, -0.2) is 19.7 Å². The molecule has 21 heavy (non-hydrogen) atoms.